The predicted molar refractivity (Wildman–Crippen MR) is 123 cm³/mol. The summed E-state index contributed by atoms with van der Waals surface area (Å²) in [6.07, 6.45) is 7.33. The van der Waals surface area contributed by atoms with E-state index in [1.54, 1.807) is 24.6 Å². The van der Waals surface area contributed by atoms with Crippen molar-refractivity contribution in [2.45, 2.75) is 38.6 Å². The summed E-state index contributed by atoms with van der Waals surface area (Å²) in [6, 6.07) is 14.9. The average Bonchev–Trinajstić information content (AvgIpc) is 3.52. The zero-order valence-electron chi connectivity index (χ0n) is 18.4. The third-order valence-electron chi connectivity index (χ3n) is 5.26. The number of alkyl halides is 3. The molecular weight excluding hydrogens is 443 g/mol. The van der Waals surface area contributed by atoms with Crippen LogP contribution in [0.5, 0.6) is 5.75 Å². The van der Waals surface area contributed by atoms with Crippen molar-refractivity contribution >= 4 is 12.2 Å². The van der Waals surface area contributed by atoms with E-state index in [0.717, 1.165) is 49.3 Å². The van der Waals surface area contributed by atoms with Gasteiger partial charge in [0.1, 0.15) is 18.1 Å². The van der Waals surface area contributed by atoms with Gasteiger partial charge in [-0.3, -0.25) is 4.68 Å². The highest BCUT2D eigenvalue weighted by atomic mass is 19.4. The van der Waals surface area contributed by atoms with Crippen molar-refractivity contribution in [3.05, 3.63) is 101 Å². The Balaban J connectivity index is 1.21. The summed E-state index contributed by atoms with van der Waals surface area (Å²) in [4.78, 5) is 0. The number of aromatic nitrogens is 3. The van der Waals surface area contributed by atoms with Crippen LogP contribution in [0, 0.1) is 0 Å². The molecule has 0 N–H and O–H groups in total. The van der Waals surface area contributed by atoms with Gasteiger partial charge in [-0.25, -0.2) is 0 Å². The Morgan fingerprint density at radius 3 is 2.44 bits per heavy atom. The molecule has 4 rings (SSSR count). The van der Waals surface area contributed by atoms with Crippen LogP contribution in [0.3, 0.4) is 0 Å². The minimum Gasteiger partial charge on any atom is -0.489 e. The molecule has 2 aromatic carbocycles. The van der Waals surface area contributed by atoms with Gasteiger partial charge in [-0.2, -0.15) is 13.2 Å². The molecule has 0 amide bonds. The Labute approximate surface area is 195 Å². The Bertz CT molecular complexity index is 1180. The minimum absolute atomic E-state index is 0.356. The van der Waals surface area contributed by atoms with Gasteiger partial charge in [0.15, 0.2) is 0 Å². The van der Waals surface area contributed by atoms with Crippen LogP contribution in [0.2, 0.25) is 0 Å². The quantitative estimate of drug-likeness (QED) is 0.245. The van der Waals surface area contributed by atoms with E-state index in [1.807, 2.05) is 29.1 Å². The van der Waals surface area contributed by atoms with Crippen molar-refractivity contribution in [3.8, 4) is 5.75 Å². The third-order valence-corrected chi connectivity index (χ3v) is 5.26. The molecule has 8 heteroatoms. The van der Waals surface area contributed by atoms with Crippen LogP contribution in [-0.4, -0.2) is 15.0 Å². The van der Waals surface area contributed by atoms with Crippen molar-refractivity contribution < 1.29 is 22.3 Å². The smallest absolute Gasteiger partial charge is 0.416 e. The van der Waals surface area contributed by atoms with Crippen molar-refractivity contribution in [1.82, 2.24) is 15.0 Å². The number of benzene rings is 2. The van der Waals surface area contributed by atoms with E-state index in [9.17, 15) is 13.2 Å². The van der Waals surface area contributed by atoms with Crippen LogP contribution in [0.1, 0.15) is 40.9 Å². The Morgan fingerprint density at radius 1 is 0.941 bits per heavy atom. The normalized spacial score (nSPS) is 11.9. The summed E-state index contributed by atoms with van der Waals surface area (Å²) < 4.78 is 51.1. The van der Waals surface area contributed by atoms with Gasteiger partial charge in [0.25, 0.3) is 0 Å². The first kappa shape index (κ1) is 23.4. The summed E-state index contributed by atoms with van der Waals surface area (Å²) in [7, 11) is 0. The van der Waals surface area contributed by atoms with Crippen LogP contribution in [0.15, 0.2) is 77.7 Å². The highest BCUT2D eigenvalue weighted by Gasteiger charge is 2.29. The van der Waals surface area contributed by atoms with Gasteiger partial charge in [0.2, 0.25) is 0 Å². The molecule has 0 saturated carbocycles. The molecule has 0 fully saturated rings. The molecule has 0 saturated heterocycles. The molecule has 34 heavy (non-hydrogen) atoms. The van der Waals surface area contributed by atoms with Crippen molar-refractivity contribution in [1.29, 1.82) is 0 Å². The Hall–Kier alpha value is -3.81. The number of halogens is 3. The average molecular weight is 467 g/mol. The van der Waals surface area contributed by atoms with Gasteiger partial charge < -0.3 is 9.15 Å². The van der Waals surface area contributed by atoms with Crippen LogP contribution >= 0.6 is 0 Å². The number of ether oxygens (including phenoxy) is 1. The molecule has 0 aliphatic heterocycles. The van der Waals surface area contributed by atoms with Crippen molar-refractivity contribution in [2.24, 2.45) is 0 Å². The fourth-order valence-electron chi connectivity index (χ4n) is 3.39. The zero-order chi connectivity index (χ0) is 23.8. The fourth-order valence-corrected chi connectivity index (χ4v) is 3.39. The maximum absolute atomic E-state index is 12.6. The fraction of sp³-hybridized carbons (Fsp3) is 0.231. The van der Waals surface area contributed by atoms with Crippen LogP contribution < -0.4 is 4.74 Å². The second-order valence-corrected chi connectivity index (χ2v) is 7.87. The Kier molecular flexibility index (Phi) is 7.47. The van der Waals surface area contributed by atoms with E-state index in [4.69, 9.17) is 9.15 Å². The monoisotopic (exact) mass is 467 g/mol. The molecular formula is C26H24F3N3O2. The highest BCUT2D eigenvalue weighted by molar-refractivity contribution is 5.67. The van der Waals surface area contributed by atoms with Gasteiger partial charge in [0.05, 0.1) is 18.0 Å². The van der Waals surface area contributed by atoms with Crippen LogP contribution in [0.4, 0.5) is 13.2 Å². The predicted octanol–water partition coefficient (Wildman–Crippen LogP) is 6.66. The topological polar surface area (TPSA) is 53.1 Å². The van der Waals surface area contributed by atoms with Gasteiger partial charge in [0, 0.05) is 18.3 Å². The lowest BCUT2D eigenvalue weighted by Crippen LogP contribution is -2.03. The second-order valence-electron chi connectivity index (χ2n) is 7.87. The first-order chi connectivity index (χ1) is 16.5. The summed E-state index contributed by atoms with van der Waals surface area (Å²) in [5.74, 6) is 1.37. The SMILES string of the molecule is FC(F)(F)c1ccc(C=Cc2cc(COc3ccc(CCCCn4ccnn4)cc3)co2)cc1. The number of furan rings is 1. The van der Waals surface area contributed by atoms with Gasteiger partial charge in [-0.05, 0) is 66.8 Å². The maximum atomic E-state index is 12.6. The van der Waals surface area contributed by atoms with Gasteiger partial charge in [-0.1, -0.05) is 35.6 Å². The van der Waals surface area contributed by atoms with E-state index in [2.05, 4.69) is 22.4 Å². The molecule has 5 nitrogen and oxygen atoms in total. The molecule has 0 unspecified atom stereocenters. The molecule has 0 aliphatic carbocycles. The molecule has 2 heterocycles. The Morgan fingerprint density at radius 2 is 1.74 bits per heavy atom. The standard InChI is InChI=1S/C26H24F3N3O2/c27-26(28,29)23-9-4-21(5-10-23)8-13-25-17-22(19-34-25)18-33-24-11-6-20(7-12-24)3-1-2-15-32-16-14-30-31-32/h4-14,16-17,19H,1-3,15,18H2. The summed E-state index contributed by atoms with van der Waals surface area (Å²) in [5, 5.41) is 7.76. The molecule has 0 atom stereocenters. The summed E-state index contributed by atoms with van der Waals surface area (Å²) >= 11 is 0. The molecule has 0 bridgehead atoms. The van der Waals surface area contributed by atoms with Crippen LogP contribution in [-0.2, 0) is 25.7 Å². The number of aryl methyl sites for hydroxylation is 2. The van der Waals surface area contributed by atoms with Gasteiger partial charge in [-0.15, -0.1) is 5.10 Å². The highest BCUT2D eigenvalue weighted by Crippen LogP contribution is 2.29. The number of nitrogens with zero attached hydrogens (tertiary/aromatic N) is 3. The first-order valence-corrected chi connectivity index (χ1v) is 10.9. The molecule has 176 valence electrons. The number of unbranched alkanes of at least 4 members (excludes halogenated alkanes) is 1. The second kappa shape index (κ2) is 10.9. The zero-order valence-corrected chi connectivity index (χ0v) is 18.4. The minimum atomic E-state index is -4.34. The number of hydrogen-bond donors (Lipinski definition) is 0. The summed E-state index contributed by atoms with van der Waals surface area (Å²) in [5.41, 5.74) is 2.10. The molecule has 2 aromatic heterocycles. The maximum Gasteiger partial charge on any atom is 0.416 e. The van der Waals surface area contributed by atoms with Crippen molar-refractivity contribution in [3.63, 3.8) is 0 Å². The van der Waals surface area contributed by atoms with E-state index in [0.29, 0.717) is 17.9 Å². The molecule has 0 radical (unpaired) electrons. The molecule has 4 aromatic rings. The first-order valence-electron chi connectivity index (χ1n) is 10.9. The van der Waals surface area contributed by atoms with E-state index in [1.165, 1.54) is 17.7 Å². The third kappa shape index (κ3) is 6.84. The lowest BCUT2D eigenvalue weighted by molar-refractivity contribution is -0.137. The molecule has 0 aliphatic rings. The van der Waals surface area contributed by atoms with Crippen molar-refractivity contribution in [2.75, 3.05) is 0 Å². The van der Waals surface area contributed by atoms with E-state index >= 15 is 0 Å². The van der Waals surface area contributed by atoms with Gasteiger partial charge >= 0.3 is 6.18 Å². The lowest BCUT2D eigenvalue weighted by Gasteiger charge is -2.06. The van der Waals surface area contributed by atoms with E-state index in [-0.39, 0.29) is 0 Å². The van der Waals surface area contributed by atoms with E-state index < -0.39 is 11.7 Å². The number of rotatable bonds is 10. The number of hydrogen-bond acceptors (Lipinski definition) is 4. The molecule has 0 spiro atoms. The van der Waals surface area contributed by atoms with Crippen LogP contribution in [0.25, 0.3) is 12.2 Å². The largest absolute Gasteiger partial charge is 0.489 e. The summed E-state index contributed by atoms with van der Waals surface area (Å²) in [6.45, 7) is 1.22. The lowest BCUT2D eigenvalue weighted by atomic mass is 10.1.